The third-order valence-electron chi connectivity index (χ3n) is 4.17. The fourth-order valence-electron chi connectivity index (χ4n) is 2.53. The van der Waals surface area contributed by atoms with Gasteiger partial charge in [0.1, 0.15) is 0 Å². The third-order valence-corrected chi connectivity index (χ3v) is 4.17. The van der Waals surface area contributed by atoms with Gasteiger partial charge in [-0.25, -0.2) is 0 Å². The largest absolute Gasteiger partial charge is 0.379 e. The fourth-order valence-corrected chi connectivity index (χ4v) is 2.53. The molecule has 0 saturated carbocycles. The lowest BCUT2D eigenvalue weighted by molar-refractivity contribution is -0.169. The van der Waals surface area contributed by atoms with Crippen molar-refractivity contribution in [3.8, 4) is 0 Å². The van der Waals surface area contributed by atoms with Gasteiger partial charge in [0.05, 0.1) is 79.3 Å². The van der Waals surface area contributed by atoms with E-state index in [9.17, 15) is 0 Å². The zero-order valence-electron chi connectivity index (χ0n) is 18.3. The smallest absolute Gasteiger partial charge is 0.157 e. The van der Waals surface area contributed by atoms with Gasteiger partial charge in [0.2, 0.25) is 0 Å². The van der Waals surface area contributed by atoms with E-state index in [0.717, 1.165) is 38.9 Å². The van der Waals surface area contributed by atoms with Crippen LogP contribution in [-0.2, 0) is 37.9 Å². The summed E-state index contributed by atoms with van der Waals surface area (Å²) in [6.45, 7) is 10.6. The average molecular weight is 423 g/mol. The summed E-state index contributed by atoms with van der Waals surface area (Å²) < 4.78 is 43.7. The molecule has 0 aromatic heterocycles. The molecule has 0 bridgehead atoms. The van der Waals surface area contributed by atoms with E-state index in [4.69, 9.17) is 37.9 Å². The normalized spacial score (nSPS) is 17.1. The summed E-state index contributed by atoms with van der Waals surface area (Å²) in [7, 11) is 0. The molecule has 0 N–H and O–H groups in total. The first-order valence-electron chi connectivity index (χ1n) is 11.1. The maximum atomic E-state index is 5.59. The van der Waals surface area contributed by atoms with Crippen LogP contribution in [0.5, 0.6) is 0 Å². The first-order valence-corrected chi connectivity index (χ1v) is 11.1. The standard InChI is InChI=1S/C21H42O8/c1-2-3-7-22-9-10-23-11-12-24-13-14-25-15-16-26-17-18-27-19-20-29-21-6-4-5-8-28-21/h21H,2-20H2,1H3. The van der Waals surface area contributed by atoms with E-state index in [-0.39, 0.29) is 6.29 Å². The Morgan fingerprint density at radius 1 is 0.586 bits per heavy atom. The molecule has 1 rings (SSSR count). The monoisotopic (exact) mass is 422 g/mol. The van der Waals surface area contributed by atoms with E-state index in [1.165, 1.54) is 6.42 Å². The van der Waals surface area contributed by atoms with Crippen LogP contribution in [-0.4, -0.2) is 98.8 Å². The van der Waals surface area contributed by atoms with Gasteiger partial charge in [0, 0.05) is 13.2 Å². The van der Waals surface area contributed by atoms with Crippen molar-refractivity contribution in [1.82, 2.24) is 0 Å². The SMILES string of the molecule is CCCCOCCOCCOCCOCCOCCOCCOC1CCCCO1. The minimum atomic E-state index is -0.0489. The molecule has 0 spiro atoms. The number of unbranched alkanes of at least 4 members (excludes halogenated alkanes) is 1. The van der Waals surface area contributed by atoms with Gasteiger partial charge in [-0.2, -0.15) is 0 Å². The Hall–Kier alpha value is -0.320. The van der Waals surface area contributed by atoms with Crippen LogP contribution in [0.1, 0.15) is 39.0 Å². The Morgan fingerprint density at radius 2 is 1.03 bits per heavy atom. The number of rotatable bonds is 22. The maximum absolute atomic E-state index is 5.59. The van der Waals surface area contributed by atoms with E-state index in [1.54, 1.807) is 0 Å². The quantitative estimate of drug-likeness (QED) is 0.246. The van der Waals surface area contributed by atoms with Crippen LogP contribution in [0.2, 0.25) is 0 Å². The summed E-state index contributed by atoms with van der Waals surface area (Å²) in [6, 6.07) is 0. The van der Waals surface area contributed by atoms with Gasteiger partial charge in [-0.3, -0.25) is 0 Å². The van der Waals surface area contributed by atoms with Gasteiger partial charge >= 0.3 is 0 Å². The molecule has 1 fully saturated rings. The van der Waals surface area contributed by atoms with E-state index >= 15 is 0 Å². The summed E-state index contributed by atoms with van der Waals surface area (Å²) in [6.07, 6.45) is 5.51. The Kier molecular flexibility index (Phi) is 20.6. The molecule has 1 unspecified atom stereocenters. The molecule has 174 valence electrons. The Balaban J connectivity index is 1.63. The van der Waals surface area contributed by atoms with Crippen molar-refractivity contribution in [2.75, 3.05) is 92.5 Å². The molecule has 0 radical (unpaired) electrons. The topological polar surface area (TPSA) is 73.8 Å². The van der Waals surface area contributed by atoms with E-state index < -0.39 is 0 Å². The highest BCUT2D eigenvalue weighted by Gasteiger charge is 2.13. The molecule has 8 nitrogen and oxygen atoms in total. The van der Waals surface area contributed by atoms with Crippen LogP contribution >= 0.6 is 0 Å². The second kappa shape index (κ2) is 22.4. The van der Waals surface area contributed by atoms with Gasteiger partial charge in [-0.1, -0.05) is 13.3 Å². The number of hydrogen-bond donors (Lipinski definition) is 0. The summed E-state index contributed by atoms with van der Waals surface area (Å²) in [5, 5.41) is 0. The fraction of sp³-hybridized carbons (Fsp3) is 1.00. The Morgan fingerprint density at radius 3 is 1.45 bits per heavy atom. The lowest BCUT2D eigenvalue weighted by Crippen LogP contribution is -2.24. The van der Waals surface area contributed by atoms with Gasteiger partial charge in [0.25, 0.3) is 0 Å². The van der Waals surface area contributed by atoms with Crippen LogP contribution < -0.4 is 0 Å². The lowest BCUT2D eigenvalue weighted by Gasteiger charge is -2.22. The molecule has 1 atom stereocenters. The van der Waals surface area contributed by atoms with Gasteiger partial charge in [0.15, 0.2) is 6.29 Å². The highest BCUT2D eigenvalue weighted by Crippen LogP contribution is 2.13. The van der Waals surface area contributed by atoms with Crippen molar-refractivity contribution in [1.29, 1.82) is 0 Å². The van der Waals surface area contributed by atoms with Gasteiger partial charge in [-0.15, -0.1) is 0 Å². The number of ether oxygens (including phenoxy) is 8. The molecule has 1 aliphatic heterocycles. The predicted octanol–water partition coefficient (Wildman–Crippen LogP) is 2.43. The molecule has 8 heteroatoms. The second-order valence-corrected chi connectivity index (χ2v) is 6.69. The van der Waals surface area contributed by atoms with E-state index in [2.05, 4.69) is 6.92 Å². The van der Waals surface area contributed by atoms with Crippen molar-refractivity contribution in [3.05, 3.63) is 0 Å². The number of hydrogen-bond acceptors (Lipinski definition) is 8. The zero-order valence-corrected chi connectivity index (χ0v) is 18.3. The first-order chi connectivity index (χ1) is 14.4. The summed E-state index contributed by atoms with van der Waals surface area (Å²) in [4.78, 5) is 0. The van der Waals surface area contributed by atoms with Crippen LogP contribution in [0.15, 0.2) is 0 Å². The van der Waals surface area contributed by atoms with Crippen LogP contribution in [0, 0.1) is 0 Å². The van der Waals surface area contributed by atoms with Crippen molar-refractivity contribution >= 4 is 0 Å². The molecule has 1 heterocycles. The van der Waals surface area contributed by atoms with Gasteiger partial charge < -0.3 is 37.9 Å². The highest BCUT2D eigenvalue weighted by molar-refractivity contribution is 4.53. The molecule has 0 aromatic carbocycles. The maximum Gasteiger partial charge on any atom is 0.157 e. The molecule has 1 aliphatic rings. The molecule has 0 aromatic rings. The van der Waals surface area contributed by atoms with Crippen LogP contribution in [0.25, 0.3) is 0 Å². The molecular formula is C21H42O8. The second-order valence-electron chi connectivity index (χ2n) is 6.69. The lowest BCUT2D eigenvalue weighted by atomic mass is 10.2. The summed E-state index contributed by atoms with van der Waals surface area (Å²) >= 11 is 0. The van der Waals surface area contributed by atoms with Crippen molar-refractivity contribution in [3.63, 3.8) is 0 Å². The molecule has 29 heavy (non-hydrogen) atoms. The molecule has 0 aliphatic carbocycles. The van der Waals surface area contributed by atoms with Gasteiger partial charge in [-0.05, 0) is 25.7 Å². The third kappa shape index (κ3) is 19.4. The van der Waals surface area contributed by atoms with Crippen molar-refractivity contribution in [2.24, 2.45) is 0 Å². The minimum Gasteiger partial charge on any atom is -0.379 e. The molecule has 0 amide bonds. The van der Waals surface area contributed by atoms with E-state index in [0.29, 0.717) is 79.3 Å². The van der Waals surface area contributed by atoms with Crippen LogP contribution in [0.3, 0.4) is 0 Å². The first kappa shape index (κ1) is 26.7. The van der Waals surface area contributed by atoms with Crippen molar-refractivity contribution in [2.45, 2.75) is 45.3 Å². The molecule has 1 saturated heterocycles. The van der Waals surface area contributed by atoms with E-state index in [1.807, 2.05) is 0 Å². The summed E-state index contributed by atoms with van der Waals surface area (Å²) in [5.74, 6) is 0. The van der Waals surface area contributed by atoms with Crippen molar-refractivity contribution < 1.29 is 37.9 Å². The highest BCUT2D eigenvalue weighted by atomic mass is 16.7. The summed E-state index contributed by atoms with van der Waals surface area (Å²) in [5.41, 5.74) is 0. The van der Waals surface area contributed by atoms with Crippen LogP contribution in [0.4, 0.5) is 0 Å². The minimum absolute atomic E-state index is 0.0489. The Labute approximate surface area is 176 Å². The predicted molar refractivity (Wildman–Crippen MR) is 109 cm³/mol. The zero-order chi connectivity index (χ0) is 20.7. The average Bonchev–Trinajstić information content (AvgIpc) is 2.75. The Bertz CT molecular complexity index is 313. The molecular weight excluding hydrogens is 380 g/mol.